The van der Waals surface area contributed by atoms with E-state index in [1.807, 2.05) is 49.3 Å². The van der Waals surface area contributed by atoms with Crippen molar-refractivity contribution in [1.29, 1.82) is 0 Å². The van der Waals surface area contributed by atoms with Gasteiger partial charge in [0.15, 0.2) is 9.84 Å². The third-order valence-corrected chi connectivity index (χ3v) is 11.0. The van der Waals surface area contributed by atoms with Gasteiger partial charge in [0.05, 0.1) is 30.1 Å². The molecular formula is C33H43NO4S. The molecule has 1 aliphatic rings. The van der Waals surface area contributed by atoms with Crippen LogP contribution < -0.4 is 14.4 Å². The van der Waals surface area contributed by atoms with E-state index < -0.39 is 15.1 Å². The molecule has 5 nitrogen and oxygen atoms in total. The summed E-state index contributed by atoms with van der Waals surface area (Å²) in [5.41, 5.74) is 3.53. The number of hydrogen-bond donors (Lipinski definition) is 0. The van der Waals surface area contributed by atoms with Crippen LogP contribution in [0.3, 0.4) is 0 Å². The van der Waals surface area contributed by atoms with Gasteiger partial charge in [-0.3, -0.25) is 0 Å². The first kappa shape index (κ1) is 29.0. The molecule has 210 valence electrons. The molecule has 0 amide bonds. The molecule has 0 bridgehead atoms. The molecule has 0 N–H and O–H groups in total. The molecule has 6 heteroatoms. The van der Waals surface area contributed by atoms with E-state index in [0.717, 1.165) is 60.2 Å². The van der Waals surface area contributed by atoms with E-state index in [1.165, 1.54) is 0 Å². The second kappa shape index (κ2) is 12.0. The monoisotopic (exact) mass is 549 g/mol. The Bertz CT molecular complexity index is 1350. The molecule has 0 aliphatic carbocycles. The maximum Gasteiger partial charge on any atom is 0.182 e. The van der Waals surface area contributed by atoms with Crippen molar-refractivity contribution in [3.05, 3.63) is 83.4 Å². The summed E-state index contributed by atoms with van der Waals surface area (Å²) in [7, 11) is 3.47. The van der Waals surface area contributed by atoms with Crippen molar-refractivity contribution in [2.45, 2.75) is 68.4 Å². The summed E-state index contributed by atoms with van der Waals surface area (Å²) in [6.07, 6.45) is 4.92. The van der Waals surface area contributed by atoms with Crippen molar-refractivity contribution in [1.82, 2.24) is 0 Å². The number of rotatable bonds is 10. The van der Waals surface area contributed by atoms with Gasteiger partial charge in [-0.15, -0.1) is 0 Å². The van der Waals surface area contributed by atoms with Gasteiger partial charge >= 0.3 is 0 Å². The molecule has 3 aromatic carbocycles. The summed E-state index contributed by atoms with van der Waals surface area (Å²) in [6, 6.07) is 22.1. The number of benzene rings is 3. The van der Waals surface area contributed by atoms with E-state index in [-0.39, 0.29) is 11.3 Å². The Balaban J connectivity index is 2.01. The third-order valence-electron chi connectivity index (χ3n) is 8.66. The average molecular weight is 550 g/mol. The molecule has 1 aliphatic heterocycles. The number of methoxy groups -OCH3 is 2. The van der Waals surface area contributed by atoms with Gasteiger partial charge in [-0.05, 0) is 66.0 Å². The molecule has 0 saturated heterocycles. The fourth-order valence-corrected chi connectivity index (χ4v) is 8.91. The molecule has 0 saturated carbocycles. The molecule has 0 spiro atoms. The lowest BCUT2D eigenvalue weighted by Crippen LogP contribution is -2.42. The average Bonchev–Trinajstić information content (AvgIpc) is 3.03. The number of anilines is 1. The molecule has 0 radical (unpaired) electrons. The first-order valence-electron chi connectivity index (χ1n) is 14.0. The van der Waals surface area contributed by atoms with Crippen molar-refractivity contribution in [2.75, 3.05) is 33.2 Å². The Kier molecular flexibility index (Phi) is 8.95. The Morgan fingerprint density at radius 3 is 2.21 bits per heavy atom. The Labute approximate surface area is 235 Å². The maximum atomic E-state index is 14.9. The molecule has 0 fully saturated rings. The van der Waals surface area contributed by atoms with Gasteiger partial charge in [-0.2, -0.15) is 0 Å². The maximum absolute atomic E-state index is 14.9. The fraction of sp³-hybridized carbons (Fsp3) is 0.455. The number of sulfone groups is 1. The number of nitrogens with zero attached hydrogens (tertiary/aromatic N) is 1. The minimum absolute atomic E-state index is 0.0433. The van der Waals surface area contributed by atoms with Crippen LogP contribution in [0.2, 0.25) is 0 Å². The number of unbranched alkanes of at least 4 members (excludes halogenated alkanes) is 1. The van der Waals surface area contributed by atoms with Crippen molar-refractivity contribution < 1.29 is 17.9 Å². The first-order chi connectivity index (χ1) is 18.7. The summed E-state index contributed by atoms with van der Waals surface area (Å²) < 4.78 is 41.0. The molecule has 3 atom stereocenters. The third kappa shape index (κ3) is 5.67. The Morgan fingerprint density at radius 2 is 1.64 bits per heavy atom. The van der Waals surface area contributed by atoms with E-state index in [4.69, 9.17) is 9.47 Å². The Morgan fingerprint density at radius 1 is 0.949 bits per heavy atom. The molecule has 4 rings (SSSR count). The van der Waals surface area contributed by atoms with Gasteiger partial charge in [0.2, 0.25) is 0 Å². The van der Waals surface area contributed by atoms with Crippen LogP contribution in [-0.2, 0) is 16.3 Å². The predicted octanol–water partition coefficient (Wildman–Crippen LogP) is 7.28. The molecule has 3 aromatic rings. The summed E-state index contributed by atoms with van der Waals surface area (Å²) in [5, 5.41) is -0.558. The normalized spacial score (nSPS) is 22.0. The standard InChI is InChI=1S/C33H43NO4S/c1-7-9-19-33(8-2)23-28(25-13-11-10-12-14-25)27-21-29(34(3)4)30(38-6)22-31(27)39(35,36)32(33)20-24-15-17-26(37-5)18-16-24/h10-18,21-22,28,32H,7-9,19-20,23H2,1-6H3. The predicted molar refractivity (Wildman–Crippen MR) is 160 cm³/mol. The number of hydrogen-bond acceptors (Lipinski definition) is 5. The van der Waals surface area contributed by atoms with Crippen LogP contribution in [0.1, 0.15) is 68.6 Å². The van der Waals surface area contributed by atoms with Crippen LogP contribution in [0.15, 0.2) is 71.6 Å². The highest BCUT2D eigenvalue weighted by atomic mass is 32.2. The number of ether oxygens (including phenoxy) is 2. The zero-order chi connectivity index (χ0) is 28.2. The van der Waals surface area contributed by atoms with Crippen LogP contribution in [0.25, 0.3) is 0 Å². The van der Waals surface area contributed by atoms with Crippen LogP contribution in [0, 0.1) is 5.41 Å². The van der Waals surface area contributed by atoms with Crippen LogP contribution in [0.4, 0.5) is 5.69 Å². The van der Waals surface area contributed by atoms with Gasteiger partial charge in [0.25, 0.3) is 0 Å². The lowest BCUT2D eigenvalue weighted by atomic mass is 9.67. The summed E-state index contributed by atoms with van der Waals surface area (Å²) in [4.78, 5) is 2.40. The van der Waals surface area contributed by atoms with Gasteiger partial charge in [0, 0.05) is 26.1 Å². The molecule has 3 unspecified atom stereocenters. The van der Waals surface area contributed by atoms with Crippen molar-refractivity contribution in [3.63, 3.8) is 0 Å². The highest BCUT2D eigenvalue weighted by molar-refractivity contribution is 7.92. The van der Waals surface area contributed by atoms with Crippen molar-refractivity contribution >= 4 is 15.5 Å². The van der Waals surface area contributed by atoms with Crippen LogP contribution in [0.5, 0.6) is 11.5 Å². The lowest BCUT2D eigenvalue weighted by molar-refractivity contribution is 0.199. The van der Waals surface area contributed by atoms with E-state index in [9.17, 15) is 8.42 Å². The van der Waals surface area contributed by atoms with Crippen LogP contribution >= 0.6 is 0 Å². The zero-order valence-corrected chi connectivity index (χ0v) is 25.1. The second-order valence-corrected chi connectivity index (χ2v) is 13.1. The van der Waals surface area contributed by atoms with Gasteiger partial charge < -0.3 is 14.4 Å². The highest BCUT2D eigenvalue weighted by Gasteiger charge is 2.50. The number of fused-ring (bicyclic) bond motifs is 1. The van der Waals surface area contributed by atoms with Crippen molar-refractivity contribution in [2.24, 2.45) is 5.41 Å². The second-order valence-electron chi connectivity index (χ2n) is 11.0. The molecule has 0 aromatic heterocycles. The lowest BCUT2D eigenvalue weighted by Gasteiger charge is -2.40. The topological polar surface area (TPSA) is 55.8 Å². The first-order valence-corrected chi connectivity index (χ1v) is 15.6. The minimum atomic E-state index is -3.73. The largest absolute Gasteiger partial charge is 0.497 e. The highest BCUT2D eigenvalue weighted by Crippen LogP contribution is 2.54. The van der Waals surface area contributed by atoms with Gasteiger partial charge in [-0.1, -0.05) is 69.2 Å². The van der Waals surface area contributed by atoms with Crippen LogP contribution in [-0.4, -0.2) is 42.0 Å². The molecule has 1 heterocycles. The van der Waals surface area contributed by atoms with Crippen molar-refractivity contribution in [3.8, 4) is 11.5 Å². The fourth-order valence-electron chi connectivity index (χ4n) is 6.35. The van der Waals surface area contributed by atoms with E-state index >= 15 is 0 Å². The SMILES string of the molecule is CCCCC1(CC)CC(c2ccccc2)c2cc(N(C)C)c(OC)cc2S(=O)(=O)C1Cc1ccc(OC)cc1. The Hall–Kier alpha value is -2.99. The molecular weight excluding hydrogens is 506 g/mol. The van der Waals surface area contributed by atoms with Gasteiger partial charge in [-0.25, -0.2) is 8.42 Å². The smallest absolute Gasteiger partial charge is 0.182 e. The summed E-state index contributed by atoms with van der Waals surface area (Å²) >= 11 is 0. The van der Waals surface area contributed by atoms with E-state index in [1.54, 1.807) is 20.3 Å². The minimum Gasteiger partial charge on any atom is -0.497 e. The van der Waals surface area contributed by atoms with E-state index in [2.05, 4.69) is 44.2 Å². The van der Waals surface area contributed by atoms with E-state index in [0.29, 0.717) is 17.1 Å². The quantitative estimate of drug-likeness (QED) is 0.266. The summed E-state index contributed by atoms with van der Waals surface area (Å²) in [6.45, 7) is 4.36. The van der Waals surface area contributed by atoms with Gasteiger partial charge in [0.1, 0.15) is 11.5 Å². The zero-order valence-electron chi connectivity index (χ0n) is 24.2. The molecule has 39 heavy (non-hydrogen) atoms. The summed E-state index contributed by atoms with van der Waals surface area (Å²) in [5.74, 6) is 1.30.